The maximum atomic E-state index is 13.6. The average Bonchev–Trinajstić information content (AvgIpc) is 2.75. The predicted molar refractivity (Wildman–Crippen MR) is 113 cm³/mol. The Morgan fingerprint density at radius 3 is 2.83 bits per heavy atom. The number of hydrogen-bond acceptors (Lipinski definition) is 6. The monoisotopic (exact) mass is 407 g/mol. The van der Waals surface area contributed by atoms with Crippen molar-refractivity contribution in [3.63, 3.8) is 0 Å². The summed E-state index contributed by atoms with van der Waals surface area (Å²) >= 11 is 0. The van der Waals surface area contributed by atoms with Gasteiger partial charge in [0.1, 0.15) is 11.6 Å². The molecule has 0 aliphatic carbocycles. The van der Waals surface area contributed by atoms with Gasteiger partial charge in [-0.15, -0.1) is 0 Å². The van der Waals surface area contributed by atoms with Crippen LogP contribution in [0.5, 0.6) is 0 Å². The molecule has 3 aromatic rings. The van der Waals surface area contributed by atoms with Crippen molar-refractivity contribution in [3.8, 4) is 11.1 Å². The summed E-state index contributed by atoms with van der Waals surface area (Å²) in [5, 5.41) is 10.9. The molecule has 0 saturated carbocycles. The number of rotatable bonds is 6. The van der Waals surface area contributed by atoms with Gasteiger partial charge in [-0.25, -0.2) is 9.97 Å². The molecule has 0 atom stereocenters. The van der Waals surface area contributed by atoms with Gasteiger partial charge in [-0.1, -0.05) is 24.3 Å². The fourth-order valence-corrected chi connectivity index (χ4v) is 3.60. The van der Waals surface area contributed by atoms with E-state index in [1.165, 1.54) is 12.3 Å². The van der Waals surface area contributed by atoms with Crippen LogP contribution in [0.25, 0.3) is 11.1 Å². The number of nitrogens with one attached hydrogen (secondary N) is 3. The minimum absolute atomic E-state index is 0.145. The Balaban J connectivity index is 1.67. The van der Waals surface area contributed by atoms with Gasteiger partial charge in [0.25, 0.3) is 5.56 Å². The molecule has 0 spiro atoms. The van der Waals surface area contributed by atoms with Crippen LogP contribution >= 0.6 is 0 Å². The van der Waals surface area contributed by atoms with Crippen molar-refractivity contribution >= 4 is 12.0 Å². The van der Waals surface area contributed by atoms with Gasteiger partial charge in [0, 0.05) is 44.2 Å². The molecule has 154 valence electrons. The van der Waals surface area contributed by atoms with Crippen molar-refractivity contribution in [2.45, 2.75) is 25.3 Å². The van der Waals surface area contributed by atoms with Crippen molar-refractivity contribution < 1.29 is 9.13 Å². The van der Waals surface area contributed by atoms with Crippen LogP contribution in [-0.4, -0.2) is 40.4 Å². The topological polar surface area (TPSA) is 104 Å². The van der Waals surface area contributed by atoms with E-state index in [4.69, 9.17) is 10.1 Å². The summed E-state index contributed by atoms with van der Waals surface area (Å²) in [6, 6.07) is 10.9. The van der Waals surface area contributed by atoms with Crippen LogP contribution in [0, 0.1) is 11.4 Å². The number of ether oxygens (including phenoxy) is 1. The summed E-state index contributed by atoms with van der Waals surface area (Å²) in [7, 11) is 0. The molecule has 0 radical (unpaired) electrons. The molecule has 0 unspecified atom stereocenters. The molecule has 8 heteroatoms. The molecule has 3 heterocycles. The van der Waals surface area contributed by atoms with Crippen LogP contribution in [0.2, 0.25) is 0 Å². The maximum absolute atomic E-state index is 13.6. The lowest BCUT2D eigenvalue weighted by atomic mass is 9.98. The molecule has 4 rings (SSSR count). The zero-order chi connectivity index (χ0) is 20.9. The second-order valence-electron chi connectivity index (χ2n) is 7.15. The largest absolute Gasteiger partial charge is 0.381 e. The Bertz CT molecular complexity index is 1110. The van der Waals surface area contributed by atoms with Crippen LogP contribution in [0.1, 0.15) is 29.8 Å². The lowest BCUT2D eigenvalue weighted by Crippen LogP contribution is -2.30. The highest BCUT2D eigenvalue weighted by molar-refractivity contribution is 5.83. The number of pyridine rings is 1. The summed E-state index contributed by atoms with van der Waals surface area (Å²) in [5.74, 6) is 0.331. The third-order valence-corrected chi connectivity index (χ3v) is 5.12. The fraction of sp³-hybridized carbons (Fsp3) is 0.273. The van der Waals surface area contributed by atoms with Gasteiger partial charge in [0.05, 0.1) is 5.56 Å². The molecular weight excluding hydrogens is 385 g/mol. The SMILES string of the molecule is N=Cc1c(NC2CCOCC2)nc(Cc2ccccc2-c2ccnc(F)c2)[nH]c1=O. The first-order valence-corrected chi connectivity index (χ1v) is 9.82. The van der Waals surface area contributed by atoms with Crippen molar-refractivity contribution in [1.29, 1.82) is 5.41 Å². The number of nitrogens with zero attached hydrogens (tertiary/aromatic N) is 2. The number of hydrogen-bond donors (Lipinski definition) is 3. The molecule has 2 aromatic heterocycles. The van der Waals surface area contributed by atoms with Crippen LogP contribution in [0.4, 0.5) is 10.2 Å². The number of halogens is 1. The van der Waals surface area contributed by atoms with Gasteiger partial charge in [0.2, 0.25) is 5.95 Å². The minimum atomic E-state index is -0.549. The van der Waals surface area contributed by atoms with Crippen LogP contribution in [0.3, 0.4) is 0 Å². The summed E-state index contributed by atoms with van der Waals surface area (Å²) in [5.41, 5.74) is 2.28. The Morgan fingerprint density at radius 2 is 2.07 bits per heavy atom. The predicted octanol–water partition coefficient (Wildman–Crippen LogP) is 3.15. The van der Waals surface area contributed by atoms with Gasteiger partial charge < -0.3 is 20.4 Å². The zero-order valence-electron chi connectivity index (χ0n) is 16.3. The number of aromatic nitrogens is 3. The highest BCUT2D eigenvalue weighted by atomic mass is 19.1. The van der Waals surface area contributed by atoms with E-state index in [-0.39, 0.29) is 17.2 Å². The molecule has 0 bridgehead atoms. The summed E-state index contributed by atoms with van der Waals surface area (Å²) in [4.78, 5) is 23.5. The van der Waals surface area contributed by atoms with E-state index in [0.29, 0.717) is 36.8 Å². The van der Waals surface area contributed by atoms with E-state index < -0.39 is 5.95 Å². The van der Waals surface area contributed by atoms with Gasteiger partial charge in [-0.2, -0.15) is 4.39 Å². The Kier molecular flexibility index (Phi) is 5.94. The van der Waals surface area contributed by atoms with Crippen LogP contribution in [-0.2, 0) is 11.2 Å². The normalized spacial score (nSPS) is 14.4. The molecule has 3 N–H and O–H groups in total. The second kappa shape index (κ2) is 8.96. The van der Waals surface area contributed by atoms with E-state index in [1.54, 1.807) is 6.07 Å². The van der Waals surface area contributed by atoms with E-state index >= 15 is 0 Å². The van der Waals surface area contributed by atoms with Crippen molar-refractivity contribution in [2.75, 3.05) is 18.5 Å². The Labute approximate surface area is 172 Å². The molecule has 1 aliphatic heterocycles. The van der Waals surface area contributed by atoms with Gasteiger partial charge in [-0.3, -0.25) is 4.79 Å². The van der Waals surface area contributed by atoms with Gasteiger partial charge in [-0.05, 0) is 35.6 Å². The first kappa shape index (κ1) is 19.9. The Morgan fingerprint density at radius 1 is 1.27 bits per heavy atom. The van der Waals surface area contributed by atoms with Gasteiger partial charge in [0.15, 0.2) is 0 Å². The second-order valence-corrected chi connectivity index (χ2v) is 7.15. The molecule has 1 fully saturated rings. The summed E-state index contributed by atoms with van der Waals surface area (Å²) < 4.78 is 19.0. The van der Waals surface area contributed by atoms with Crippen molar-refractivity contribution in [3.05, 3.63) is 75.8 Å². The first-order valence-electron chi connectivity index (χ1n) is 9.82. The number of H-pyrrole nitrogens is 1. The zero-order valence-corrected chi connectivity index (χ0v) is 16.3. The quantitative estimate of drug-likeness (QED) is 0.430. The number of benzene rings is 1. The molecule has 1 saturated heterocycles. The summed E-state index contributed by atoms with van der Waals surface area (Å²) in [6.07, 6.45) is 4.44. The smallest absolute Gasteiger partial charge is 0.261 e. The third kappa shape index (κ3) is 4.44. The molecule has 1 aliphatic rings. The molecule has 0 amide bonds. The number of anilines is 1. The molecule has 7 nitrogen and oxygen atoms in total. The lowest BCUT2D eigenvalue weighted by molar-refractivity contribution is 0.0904. The first-order chi connectivity index (χ1) is 14.6. The number of aromatic amines is 1. The Hall–Kier alpha value is -3.39. The molecule has 1 aromatic carbocycles. The van der Waals surface area contributed by atoms with Crippen LogP contribution < -0.4 is 10.9 Å². The van der Waals surface area contributed by atoms with E-state index in [9.17, 15) is 9.18 Å². The highest BCUT2D eigenvalue weighted by Crippen LogP contribution is 2.25. The fourth-order valence-electron chi connectivity index (χ4n) is 3.60. The van der Waals surface area contributed by atoms with Crippen molar-refractivity contribution in [1.82, 2.24) is 15.0 Å². The van der Waals surface area contributed by atoms with E-state index in [0.717, 1.165) is 30.2 Å². The minimum Gasteiger partial charge on any atom is -0.381 e. The molecule has 30 heavy (non-hydrogen) atoms. The summed E-state index contributed by atoms with van der Waals surface area (Å²) in [6.45, 7) is 1.31. The third-order valence-electron chi connectivity index (χ3n) is 5.12. The van der Waals surface area contributed by atoms with Gasteiger partial charge >= 0.3 is 0 Å². The van der Waals surface area contributed by atoms with Crippen molar-refractivity contribution in [2.24, 2.45) is 0 Å². The average molecular weight is 407 g/mol. The van der Waals surface area contributed by atoms with Crippen LogP contribution in [0.15, 0.2) is 47.4 Å². The van der Waals surface area contributed by atoms with E-state index in [2.05, 4.69) is 20.3 Å². The molecular formula is C22H22FN5O2. The highest BCUT2D eigenvalue weighted by Gasteiger charge is 2.18. The lowest BCUT2D eigenvalue weighted by Gasteiger charge is -2.24. The maximum Gasteiger partial charge on any atom is 0.261 e. The standard InChI is InChI=1S/C22H22FN5O2/c23-19-11-15(5-8-25-19)17-4-2-1-3-14(17)12-20-27-21(18(13-24)22(29)28-20)26-16-6-9-30-10-7-16/h1-5,8,11,13,16,24H,6-7,9-10,12H2,(H2,26,27,28,29). The van der Waals surface area contributed by atoms with E-state index in [1.807, 2.05) is 24.3 Å².